The minimum atomic E-state index is -0.144. The molecule has 0 bridgehead atoms. The second kappa shape index (κ2) is 6.91. The van der Waals surface area contributed by atoms with Gasteiger partial charge in [0.05, 0.1) is 0 Å². The van der Waals surface area contributed by atoms with Crippen LogP contribution in [0, 0.1) is 19.7 Å². The predicted octanol–water partition coefficient (Wildman–Crippen LogP) is 4.50. The molecule has 0 saturated carbocycles. The first-order chi connectivity index (χ1) is 9.60. The maximum atomic E-state index is 13.3. The van der Waals surface area contributed by atoms with Crippen molar-refractivity contribution in [2.75, 3.05) is 12.8 Å². The number of hydrogen-bond acceptors (Lipinski definition) is 2. The summed E-state index contributed by atoms with van der Waals surface area (Å²) in [5, 5.41) is 3.30. The molecule has 0 aliphatic heterocycles. The zero-order valence-corrected chi connectivity index (χ0v) is 12.9. The SMILES string of the molecule is CNC(CSc1ccc(C)cc1)c1ccc(F)c(C)c1. The number of benzene rings is 2. The van der Waals surface area contributed by atoms with Gasteiger partial charge >= 0.3 is 0 Å². The van der Waals surface area contributed by atoms with Crippen molar-refractivity contribution >= 4 is 11.8 Å². The molecule has 0 saturated heterocycles. The zero-order chi connectivity index (χ0) is 14.5. The third-order valence-electron chi connectivity index (χ3n) is 3.37. The molecular formula is C17H20FNS. The highest BCUT2D eigenvalue weighted by Gasteiger charge is 2.11. The van der Waals surface area contributed by atoms with Crippen molar-refractivity contribution in [2.24, 2.45) is 0 Å². The highest BCUT2D eigenvalue weighted by Crippen LogP contribution is 2.25. The van der Waals surface area contributed by atoms with Crippen LogP contribution in [-0.4, -0.2) is 12.8 Å². The lowest BCUT2D eigenvalue weighted by Crippen LogP contribution is -2.18. The fraction of sp³-hybridized carbons (Fsp3) is 0.294. The number of halogens is 1. The lowest BCUT2D eigenvalue weighted by molar-refractivity contribution is 0.611. The Morgan fingerprint density at radius 2 is 1.80 bits per heavy atom. The molecule has 0 aliphatic rings. The molecule has 1 unspecified atom stereocenters. The molecule has 1 N–H and O–H groups in total. The van der Waals surface area contributed by atoms with Gasteiger partial charge in [0.15, 0.2) is 0 Å². The van der Waals surface area contributed by atoms with E-state index < -0.39 is 0 Å². The number of nitrogens with one attached hydrogen (secondary N) is 1. The van der Waals surface area contributed by atoms with Crippen LogP contribution in [0.5, 0.6) is 0 Å². The largest absolute Gasteiger partial charge is 0.312 e. The third kappa shape index (κ3) is 3.84. The van der Waals surface area contributed by atoms with E-state index in [2.05, 4.69) is 36.5 Å². The molecule has 1 nitrogen and oxygen atoms in total. The van der Waals surface area contributed by atoms with Crippen LogP contribution in [0.15, 0.2) is 47.4 Å². The Kier molecular flexibility index (Phi) is 5.21. The van der Waals surface area contributed by atoms with Gasteiger partial charge in [-0.15, -0.1) is 11.8 Å². The quantitative estimate of drug-likeness (QED) is 0.814. The Morgan fingerprint density at radius 3 is 2.40 bits per heavy atom. The molecule has 2 aromatic rings. The van der Waals surface area contributed by atoms with E-state index in [4.69, 9.17) is 0 Å². The maximum absolute atomic E-state index is 13.3. The molecule has 106 valence electrons. The van der Waals surface area contributed by atoms with Crippen LogP contribution in [0.1, 0.15) is 22.7 Å². The molecule has 3 heteroatoms. The van der Waals surface area contributed by atoms with Gasteiger partial charge in [0.1, 0.15) is 5.82 Å². The molecule has 0 radical (unpaired) electrons. The van der Waals surface area contributed by atoms with Crippen molar-refractivity contribution in [1.82, 2.24) is 5.32 Å². The summed E-state index contributed by atoms with van der Waals surface area (Å²) in [5.41, 5.74) is 3.10. The number of thioether (sulfide) groups is 1. The van der Waals surface area contributed by atoms with Crippen molar-refractivity contribution in [3.8, 4) is 0 Å². The van der Waals surface area contributed by atoms with Gasteiger partial charge < -0.3 is 5.32 Å². The van der Waals surface area contributed by atoms with Crippen LogP contribution in [-0.2, 0) is 0 Å². The minimum Gasteiger partial charge on any atom is -0.312 e. The van der Waals surface area contributed by atoms with E-state index in [-0.39, 0.29) is 11.9 Å². The topological polar surface area (TPSA) is 12.0 Å². The molecule has 0 amide bonds. The van der Waals surface area contributed by atoms with Crippen molar-refractivity contribution in [1.29, 1.82) is 0 Å². The molecule has 2 rings (SSSR count). The smallest absolute Gasteiger partial charge is 0.126 e. The van der Waals surface area contributed by atoms with E-state index in [1.54, 1.807) is 13.0 Å². The fourth-order valence-corrected chi connectivity index (χ4v) is 3.09. The molecule has 20 heavy (non-hydrogen) atoms. The van der Waals surface area contributed by atoms with Crippen LogP contribution >= 0.6 is 11.8 Å². The van der Waals surface area contributed by atoms with Gasteiger partial charge in [0.25, 0.3) is 0 Å². The standard InChI is InChI=1S/C17H20FNS/c1-12-4-7-15(8-5-12)20-11-17(19-3)14-6-9-16(18)13(2)10-14/h4-10,17,19H,11H2,1-3H3. The van der Waals surface area contributed by atoms with E-state index in [0.717, 1.165) is 11.3 Å². The number of aryl methyl sites for hydroxylation is 2. The Morgan fingerprint density at radius 1 is 1.10 bits per heavy atom. The van der Waals surface area contributed by atoms with E-state index in [0.29, 0.717) is 5.56 Å². The summed E-state index contributed by atoms with van der Waals surface area (Å²) in [6.45, 7) is 3.89. The monoisotopic (exact) mass is 289 g/mol. The molecule has 0 aromatic heterocycles. The Balaban J connectivity index is 2.05. The summed E-state index contributed by atoms with van der Waals surface area (Å²) in [4.78, 5) is 1.26. The van der Waals surface area contributed by atoms with E-state index >= 15 is 0 Å². The highest BCUT2D eigenvalue weighted by molar-refractivity contribution is 7.99. The molecule has 0 aliphatic carbocycles. The second-order valence-corrected chi connectivity index (χ2v) is 6.07. The van der Waals surface area contributed by atoms with Crippen LogP contribution in [0.25, 0.3) is 0 Å². The van der Waals surface area contributed by atoms with E-state index in [9.17, 15) is 4.39 Å². The van der Waals surface area contributed by atoms with Crippen molar-refractivity contribution in [3.63, 3.8) is 0 Å². The van der Waals surface area contributed by atoms with Crippen LogP contribution in [0.4, 0.5) is 4.39 Å². The fourth-order valence-electron chi connectivity index (χ4n) is 2.04. The Bertz CT molecular complexity index is 566. The van der Waals surface area contributed by atoms with Gasteiger partial charge in [-0.3, -0.25) is 0 Å². The molecule has 0 spiro atoms. The van der Waals surface area contributed by atoms with Crippen molar-refractivity contribution < 1.29 is 4.39 Å². The predicted molar refractivity (Wildman–Crippen MR) is 84.8 cm³/mol. The van der Waals surface area contributed by atoms with Gasteiger partial charge in [-0.25, -0.2) is 4.39 Å². The molecule has 1 atom stereocenters. The highest BCUT2D eigenvalue weighted by atomic mass is 32.2. The lowest BCUT2D eigenvalue weighted by Gasteiger charge is -2.17. The first-order valence-corrected chi connectivity index (χ1v) is 7.71. The first kappa shape index (κ1) is 15.1. The average molecular weight is 289 g/mol. The zero-order valence-electron chi connectivity index (χ0n) is 12.1. The van der Waals surface area contributed by atoms with Gasteiger partial charge in [0.2, 0.25) is 0 Å². The van der Waals surface area contributed by atoms with E-state index in [1.807, 2.05) is 30.9 Å². The normalized spacial score (nSPS) is 12.4. The van der Waals surface area contributed by atoms with Gasteiger partial charge in [-0.1, -0.05) is 29.8 Å². The molecular weight excluding hydrogens is 269 g/mol. The summed E-state index contributed by atoms with van der Waals surface area (Å²) < 4.78 is 13.3. The molecule has 0 heterocycles. The number of hydrogen-bond donors (Lipinski definition) is 1. The summed E-state index contributed by atoms with van der Waals surface area (Å²) in [6.07, 6.45) is 0. The first-order valence-electron chi connectivity index (χ1n) is 6.73. The summed E-state index contributed by atoms with van der Waals surface area (Å²) in [5.74, 6) is 0.778. The van der Waals surface area contributed by atoms with Crippen LogP contribution < -0.4 is 5.32 Å². The Labute approximate surface area is 124 Å². The molecule has 2 aromatic carbocycles. The Hall–Kier alpha value is -1.32. The van der Waals surface area contributed by atoms with Gasteiger partial charge in [-0.05, 0) is 50.2 Å². The van der Waals surface area contributed by atoms with Gasteiger partial charge in [0, 0.05) is 16.7 Å². The summed E-state index contributed by atoms with van der Waals surface area (Å²) in [7, 11) is 1.94. The maximum Gasteiger partial charge on any atom is 0.126 e. The average Bonchev–Trinajstić information content (AvgIpc) is 2.45. The lowest BCUT2D eigenvalue weighted by atomic mass is 10.1. The summed E-state index contributed by atoms with van der Waals surface area (Å²) in [6, 6.07) is 14.1. The second-order valence-electron chi connectivity index (χ2n) is 4.97. The van der Waals surface area contributed by atoms with Crippen LogP contribution in [0.3, 0.4) is 0 Å². The van der Waals surface area contributed by atoms with Crippen LogP contribution in [0.2, 0.25) is 0 Å². The van der Waals surface area contributed by atoms with E-state index in [1.165, 1.54) is 10.5 Å². The van der Waals surface area contributed by atoms with Gasteiger partial charge in [-0.2, -0.15) is 0 Å². The number of rotatable bonds is 5. The van der Waals surface area contributed by atoms with Crippen molar-refractivity contribution in [2.45, 2.75) is 24.8 Å². The summed E-state index contributed by atoms with van der Waals surface area (Å²) >= 11 is 1.81. The third-order valence-corrected chi connectivity index (χ3v) is 4.48. The minimum absolute atomic E-state index is 0.144. The molecule has 0 fully saturated rings. The van der Waals surface area contributed by atoms with Crippen molar-refractivity contribution in [3.05, 3.63) is 65.0 Å².